The van der Waals surface area contributed by atoms with Crippen LogP contribution in [0.5, 0.6) is 0 Å². The van der Waals surface area contributed by atoms with Crippen LogP contribution in [-0.2, 0) is 16.0 Å². The first-order chi connectivity index (χ1) is 10.2. The second-order valence-electron chi connectivity index (χ2n) is 5.49. The van der Waals surface area contributed by atoms with Gasteiger partial charge in [-0.15, -0.1) is 0 Å². The molecule has 0 heterocycles. The fourth-order valence-corrected chi connectivity index (χ4v) is 2.84. The number of rotatable bonds is 5. The first-order valence-electron chi connectivity index (χ1n) is 7.62. The minimum absolute atomic E-state index is 0.0223. The molecule has 1 fully saturated rings. The molecule has 0 bridgehead atoms. The van der Waals surface area contributed by atoms with E-state index in [4.69, 9.17) is 10.00 Å². The highest BCUT2D eigenvalue weighted by molar-refractivity contribution is 5.72. The summed E-state index contributed by atoms with van der Waals surface area (Å²) in [6, 6.07) is 10.4. The molecule has 2 rings (SSSR count). The van der Waals surface area contributed by atoms with Gasteiger partial charge in [-0.2, -0.15) is 5.26 Å². The maximum absolute atomic E-state index is 11.8. The number of anilines is 1. The Balaban J connectivity index is 1.90. The second kappa shape index (κ2) is 7.68. The summed E-state index contributed by atoms with van der Waals surface area (Å²) in [6.45, 7) is 2.30. The second-order valence-corrected chi connectivity index (χ2v) is 5.49. The van der Waals surface area contributed by atoms with Crippen LogP contribution in [0.1, 0.15) is 38.2 Å². The first-order valence-corrected chi connectivity index (χ1v) is 7.62. The van der Waals surface area contributed by atoms with Crippen molar-refractivity contribution in [2.24, 2.45) is 5.92 Å². The van der Waals surface area contributed by atoms with E-state index < -0.39 is 0 Å². The van der Waals surface area contributed by atoms with E-state index in [-0.39, 0.29) is 11.9 Å². The van der Waals surface area contributed by atoms with Crippen LogP contribution in [-0.4, -0.2) is 18.6 Å². The molecule has 1 saturated carbocycles. The molecule has 0 aromatic heterocycles. The number of hydrogen-bond acceptors (Lipinski definition) is 4. The molecule has 1 N–H and O–H groups in total. The van der Waals surface area contributed by atoms with Crippen LogP contribution in [0.15, 0.2) is 24.3 Å². The molecule has 0 amide bonds. The van der Waals surface area contributed by atoms with E-state index in [1.807, 2.05) is 31.2 Å². The number of carbonyl (C=O) groups is 1. The summed E-state index contributed by atoms with van der Waals surface area (Å²) in [5.74, 6) is -0.0394. The number of carbonyl (C=O) groups excluding carboxylic acids is 1. The average molecular weight is 286 g/mol. The number of nitrogens with zero attached hydrogens (tertiary/aromatic N) is 1. The van der Waals surface area contributed by atoms with E-state index in [0.717, 1.165) is 36.9 Å². The van der Waals surface area contributed by atoms with Crippen LogP contribution in [0.4, 0.5) is 5.69 Å². The van der Waals surface area contributed by atoms with Crippen molar-refractivity contribution in [3.63, 3.8) is 0 Å². The Hall–Kier alpha value is -2.02. The van der Waals surface area contributed by atoms with Gasteiger partial charge in [0.25, 0.3) is 0 Å². The molecule has 2 unspecified atom stereocenters. The van der Waals surface area contributed by atoms with E-state index in [0.29, 0.717) is 19.1 Å². The summed E-state index contributed by atoms with van der Waals surface area (Å²) in [6.07, 6.45) is 4.33. The lowest BCUT2D eigenvalue weighted by Crippen LogP contribution is -2.32. The fourth-order valence-electron chi connectivity index (χ4n) is 2.84. The summed E-state index contributed by atoms with van der Waals surface area (Å²) in [7, 11) is 0. The lowest BCUT2D eigenvalue weighted by molar-refractivity contribution is -0.149. The Morgan fingerprint density at radius 1 is 1.38 bits per heavy atom. The molecule has 21 heavy (non-hydrogen) atoms. The van der Waals surface area contributed by atoms with Crippen molar-refractivity contribution in [1.82, 2.24) is 0 Å². The van der Waals surface area contributed by atoms with Gasteiger partial charge in [0, 0.05) is 11.7 Å². The molecule has 4 heteroatoms. The zero-order valence-corrected chi connectivity index (χ0v) is 12.5. The molecule has 112 valence electrons. The lowest BCUT2D eigenvalue weighted by Gasteiger charge is -2.29. The Bertz CT molecular complexity index is 505. The summed E-state index contributed by atoms with van der Waals surface area (Å²) < 4.78 is 5.13. The van der Waals surface area contributed by atoms with E-state index >= 15 is 0 Å². The SMILES string of the molecule is CCOC(=O)C1CCCC(Nc2ccc(CC#N)cc2)C1. The van der Waals surface area contributed by atoms with Gasteiger partial charge < -0.3 is 10.1 Å². The van der Waals surface area contributed by atoms with Crippen molar-refractivity contribution in [3.05, 3.63) is 29.8 Å². The van der Waals surface area contributed by atoms with Crippen molar-refractivity contribution in [2.45, 2.75) is 45.1 Å². The topological polar surface area (TPSA) is 62.1 Å². The molecule has 1 aromatic rings. The van der Waals surface area contributed by atoms with E-state index in [1.54, 1.807) is 0 Å². The maximum atomic E-state index is 11.8. The highest BCUT2D eigenvalue weighted by Crippen LogP contribution is 2.27. The van der Waals surface area contributed by atoms with E-state index in [1.165, 1.54) is 0 Å². The third-order valence-corrected chi connectivity index (χ3v) is 3.90. The van der Waals surface area contributed by atoms with Crippen molar-refractivity contribution >= 4 is 11.7 Å². The molecule has 1 aromatic carbocycles. The summed E-state index contributed by atoms with van der Waals surface area (Å²) >= 11 is 0. The maximum Gasteiger partial charge on any atom is 0.308 e. The van der Waals surface area contributed by atoms with E-state index in [9.17, 15) is 4.79 Å². The minimum Gasteiger partial charge on any atom is -0.466 e. The molecule has 0 spiro atoms. The molecular formula is C17H22N2O2. The van der Waals surface area contributed by atoms with Crippen molar-refractivity contribution in [2.75, 3.05) is 11.9 Å². The molecule has 0 radical (unpaired) electrons. The Morgan fingerprint density at radius 2 is 2.14 bits per heavy atom. The van der Waals surface area contributed by atoms with Crippen molar-refractivity contribution < 1.29 is 9.53 Å². The zero-order chi connectivity index (χ0) is 15.1. The molecule has 0 aliphatic heterocycles. The van der Waals surface area contributed by atoms with Crippen LogP contribution in [0.2, 0.25) is 0 Å². The smallest absolute Gasteiger partial charge is 0.308 e. The molecule has 0 saturated heterocycles. The largest absolute Gasteiger partial charge is 0.466 e. The third-order valence-electron chi connectivity index (χ3n) is 3.90. The molecule has 2 atom stereocenters. The number of hydrogen-bond donors (Lipinski definition) is 1. The number of nitriles is 1. The average Bonchev–Trinajstić information content (AvgIpc) is 2.50. The predicted molar refractivity (Wildman–Crippen MR) is 81.8 cm³/mol. The van der Waals surface area contributed by atoms with Crippen LogP contribution in [0, 0.1) is 17.2 Å². The predicted octanol–water partition coefficient (Wildman–Crippen LogP) is 3.29. The molecular weight excluding hydrogens is 264 g/mol. The van der Waals surface area contributed by atoms with Gasteiger partial charge in [-0.05, 0) is 43.9 Å². The van der Waals surface area contributed by atoms with Gasteiger partial charge in [-0.25, -0.2) is 0 Å². The van der Waals surface area contributed by atoms with Gasteiger partial charge in [0.15, 0.2) is 0 Å². The van der Waals surface area contributed by atoms with Gasteiger partial charge in [0.1, 0.15) is 0 Å². The van der Waals surface area contributed by atoms with E-state index in [2.05, 4.69) is 11.4 Å². The number of nitrogens with one attached hydrogen (secondary N) is 1. The Morgan fingerprint density at radius 3 is 2.81 bits per heavy atom. The first kappa shape index (κ1) is 15.4. The van der Waals surface area contributed by atoms with Crippen LogP contribution < -0.4 is 5.32 Å². The fraction of sp³-hybridized carbons (Fsp3) is 0.529. The van der Waals surface area contributed by atoms with Gasteiger partial charge in [0.2, 0.25) is 0 Å². The lowest BCUT2D eigenvalue weighted by atomic mass is 9.85. The quantitative estimate of drug-likeness (QED) is 0.844. The Kier molecular flexibility index (Phi) is 5.62. The number of ether oxygens (including phenoxy) is 1. The van der Waals surface area contributed by atoms with Crippen molar-refractivity contribution in [1.29, 1.82) is 5.26 Å². The summed E-state index contributed by atoms with van der Waals surface area (Å²) in [5, 5.41) is 12.2. The highest BCUT2D eigenvalue weighted by Gasteiger charge is 2.28. The molecule has 4 nitrogen and oxygen atoms in total. The van der Waals surface area contributed by atoms with Gasteiger partial charge in [0.05, 0.1) is 25.0 Å². The monoisotopic (exact) mass is 286 g/mol. The molecule has 1 aliphatic rings. The zero-order valence-electron chi connectivity index (χ0n) is 12.5. The minimum atomic E-state index is -0.0617. The molecule has 1 aliphatic carbocycles. The highest BCUT2D eigenvalue weighted by atomic mass is 16.5. The van der Waals surface area contributed by atoms with Gasteiger partial charge >= 0.3 is 5.97 Å². The van der Waals surface area contributed by atoms with Crippen LogP contribution in [0.25, 0.3) is 0 Å². The van der Waals surface area contributed by atoms with Gasteiger partial charge in [-0.1, -0.05) is 18.6 Å². The van der Waals surface area contributed by atoms with Crippen molar-refractivity contribution in [3.8, 4) is 6.07 Å². The third kappa shape index (κ3) is 4.49. The summed E-state index contributed by atoms with van der Waals surface area (Å²) in [4.78, 5) is 11.8. The summed E-state index contributed by atoms with van der Waals surface area (Å²) in [5.41, 5.74) is 2.07. The number of benzene rings is 1. The van der Waals surface area contributed by atoms with Crippen LogP contribution in [0.3, 0.4) is 0 Å². The Labute approximate surface area is 126 Å². The normalized spacial score (nSPS) is 21.3. The van der Waals surface area contributed by atoms with Crippen LogP contribution >= 0.6 is 0 Å². The van der Waals surface area contributed by atoms with Gasteiger partial charge in [-0.3, -0.25) is 4.79 Å². The number of esters is 1. The standard InChI is InChI=1S/C17H22N2O2/c1-2-21-17(20)14-4-3-5-16(12-14)19-15-8-6-13(7-9-15)10-11-18/h6-9,14,16,19H,2-5,10,12H2,1H3.